The molecule has 0 heterocycles. The van der Waals surface area contributed by atoms with Crippen molar-refractivity contribution in [3.8, 4) is 0 Å². The number of carbonyl (C=O) groups is 1. The Balaban J connectivity index is 1.74. The first-order chi connectivity index (χ1) is 14.2. The van der Waals surface area contributed by atoms with Crippen molar-refractivity contribution < 1.29 is 4.79 Å². The summed E-state index contributed by atoms with van der Waals surface area (Å²) >= 11 is 1.64. The number of nitrogens with one attached hydrogen (secondary N) is 3. The van der Waals surface area contributed by atoms with Crippen LogP contribution in [0.4, 0.5) is 5.69 Å². The summed E-state index contributed by atoms with van der Waals surface area (Å²) in [6, 6.07) is 26.6. The smallest absolute Gasteiger partial charge is 0.251 e. The van der Waals surface area contributed by atoms with Crippen LogP contribution in [0.25, 0.3) is 0 Å². The molecular formula is C24H25N3OS. The Morgan fingerprint density at radius 1 is 0.897 bits per heavy atom. The van der Waals surface area contributed by atoms with Crippen molar-refractivity contribution in [3.63, 3.8) is 0 Å². The molecule has 3 aromatic rings. The molecule has 0 aliphatic heterocycles. The summed E-state index contributed by atoms with van der Waals surface area (Å²) in [4.78, 5) is 12.7. The average molecular weight is 404 g/mol. The van der Waals surface area contributed by atoms with Gasteiger partial charge in [0.15, 0.2) is 0 Å². The quantitative estimate of drug-likeness (QED) is 0.317. The molecule has 3 N–H and O–H groups in total. The van der Waals surface area contributed by atoms with Crippen LogP contribution in [0, 0.1) is 5.41 Å². The van der Waals surface area contributed by atoms with Crippen LogP contribution in [0.1, 0.15) is 40.9 Å². The molecule has 29 heavy (non-hydrogen) atoms. The largest absolute Gasteiger partial charge is 0.345 e. The molecule has 0 bridgehead atoms. The van der Waals surface area contributed by atoms with Crippen molar-refractivity contribution in [2.75, 3.05) is 10.5 Å². The van der Waals surface area contributed by atoms with E-state index >= 15 is 0 Å². The van der Waals surface area contributed by atoms with Crippen LogP contribution in [0.15, 0.2) is 84.9 Å². The summed E-state index contributed by atoms with van der Waals surface area (Å²) < 4.78 is 3.26. The molecule has 0 saturated heterocycles. The summed E-state index contributed by atoms with van der Waals surface area (Å²) in [6.45, 7) is 2.09. The highest BCUT2D eigenvalue weighted by Crippen LogP contribution is 2.21. The van der Waals surface area contributed by atoms with Crippen molar-refractivity contribution in [1.82, 2.24) is 5.32 Å². The molecule has 0 radical (unpaired) electrons. The standard InChI is InChI=1S/C24H25N3OS/c1-2-29-27-21-15-13-18(14-16-21)22(25)17-23(19-9-5-3-6-10-19)26-24(28)20-11-7-4-8-12-20/h3-16,23,25,27H,2,17H2,1H3,(H,26,28). The van der Waals surface area contributed by atoms with E-state index in [1.54, 1.807) is 24.1 Å². The van der Waals surface area contributed by atoms with Crippen molar-refractivity contribution >= 4 is 29.3 Å². The normalized spacial score (nSPS) is 11.5. The lowest BCUT2D eigenvalue weighted by Crippen LogP contribution is -2.30. The first-order valence-electron chi connectivity index (χ1n) is 9.64. The van der Waals surface area contributed by atoms with Gasteiger partial charge in [0.05, 0.1) is 6.04 Å². The van der Waals surface area contributed by atoms with Gasteiger partial charge in [-0.15, -0.1) is 0 Å². The molecule has 3 rings (SSSR count). The van der Waals surface area contributed by atoms with Gasteiger partial charge in [0.1, 0.15) is 0 Å². The number of carbonyl (C=O) groups excluding carboxylic acids is 1. The number of amides is 1. The SMILES string of the molecule is CCSNc1ccc(C(=N)CC(NC(=O)c2ccccc2)c2ccccc2)cc1. The second-order valence-corrected chi connectivity index (χ2v) is 7.67. The van der Waals surface area contributed by atoms with Crippen LogP contribution in [-0.2, 0) is 0 Å². The summed E-state index contributed by atoms with van der Waals surface area (Å²) in [5.41, 5.74) is 3.96. The van der Waals surface area contributed by atoms with E-state index in [0.29, 0.717) is 17.7 Å². The topological polar surface area (TPSA) is 65.0 Å². The van der Waals surface area contributed by atoms with E-state index in [1.807, 2.05) is 72.8 Å². The fourth-order valence-electron chi connectivity index (χ4n) is 2.99. The number of anilines is 1. The van der Waals surface area contributed by atoms with Gasteiger partial charge in [-0.1, -0.05) is 79.5 Å². The highest BCUT2D eigenvalue weighted by atomic mass is 32.2. The Labute approximate surface area is 176 Å². The summed E-state index contributed by atoms with van der Waals surface area (Å²) in [5.74, 6) is 0.848. The Bertz CT molecular complexity index is 927. The highest BCUT2D eigenvalue weighted by Gasteiger charge is 2.18. The summed E-state index contributed by atoms with van der Waals surface area (Å²) in [6.07, 6.45) is 0.416. The zero-order chi connectivity index (χ0) is 20.5. The summed E-state index contributed by atoms with van der Waals surface area (Å²) in [7, 11) is 0. The number of rotatable bonds is 9. The molecule has 0 spiro atoms. The molecular weight excluding hydrogens is 378 g/mol. The van der Waals surface area contributed by atoms with E-state index in [2.05, 4.69) is 17.0 Å². The highest BCUT2D eigenvalue weighted by molar-refractivity contribution is 8.00. The van der Waals surface area contributed by atoms with E-state index in [-0.39, 0.29) is 11.9 Å². The Morgan fingerprint density at radius 2 is 1.52 bits per heavy atom. The van der Waals surface area contributed by atoms with Crippen molar-refractivity contribution in [3.05, 3.63) is 102 Å². The fraction of sp³-hybridized carbons (Fsp3) is 0.167. The van der Waals surface area contributed by atoms with Gasteiger partial charge in [0.25, 0.3) is 5.91 Å². The second kappa shape index (κ2) is 10.5. The van der Waals surface area contributed by atoms with Gasteiger partial charge in [-0.25, -0.2) is 0 Å². The summed E-state index contributed by atoms with van der Waals surface area (Å²) in [5, 5.41) is 11.7. The maximum absolute atomic E-state index is 12.7. The molecule has 1 atom stereocenters. The Hall–Kier alpha value is -3.05. The molecule has 1 unspecified atom stereocenters. The molecule has 0 aromatic heterocycles. The van der Waals surface area contributed by atoms with Gasteiger partial charge < -0.3 is 15.4 Å². The number of benzene rings is 3. The third-order valence-corrected chi connectivity index (χ3v) is 5.19. The lowest BCUT2D eigenvalue weighted by molar-refractivity contribution is 0.0938. The van der Waals surface area contributed by atoms with E-state index < -0.39 is 0 Å². The Morgan fingerprint density at radius 3 is 2.14 bits per heavy atom. The van der Waals surface area contributed by atoms with E-state index in [4.69, 9.17) is 5.41 Å². The van der Waals surface area contributed by atoms with Crippen LogP contribution < -0.4 is 10.0 Å². The molecule has 0 fully saturated rings. The zero-order valence-corrected chi connectivity index (χ0v) is 17.2. The second-order valence-electron chi connectivity index (χ2n) is 6.60. The van der Waals surface area contributed by atoms with Crippen LogP contribution in [0.5, 0.6) is 0 Å². The predicted molar refractivity (Wildman–Crippen MR) is 123 cm³/mol. The lowest BCUT2D eigenvalue weighted by atomic mass is 9.97. The zero-order valence-electron chi connectivity index (χ0n) is 16.4. The van der Waals surface area contributed by atoms with E-state index in [9.17, 15) is 4.79 Å². The monoisotopic (exact) mass is 403 g/mol. The minimum Gasteiger partial charge on any atom is -0.345 e. The van der Waals surface area contributed by atoms with Crippen LogP contribution >= 0.6 is 11.9 Å². The third kappa shape index (κ3) is 5.96. The maximum atomic E-state index is 12.7. The third-order valence-electron chi connectivity index (χ3n) is 4.52. The molecule has 0 aliphatic rings. The van der Waals surface area contributed by atoms with Gasteiger partial charge in [-0.05, 0) is 35.4 Å². The first kappa shape index (κ1) is 20.7. The number of hydrogen-bond donors (Lipinski definition) is 3. The molecule has 148 valence electrons. The maximum Gasteiger partial charge on any atom is 0.251 e. The number of hydrogen-bond acceptors (Lipinski definition) is 4. The first-order valence-corrected chi connectivity index (χ1v) is 10.6. The van der Waals surface area contributed by atoms with Gasteiger partial charge in [-0.3, -0.25) is 4.79 Å². The van der Waals surface area contributed by atoms with Crippen LogP contribution in [0.3, 0.4) is 0 Å². The molecule has 0 saturated carbocycles. The van der Waals surface area contributed by atoms with Gasteiger partial charge in [0, 0.05) is 29.1 Å². The molecule has 3 aromatic carbocycles. The molecule has 0 aliphatic carbocycles. The average Bonchev–Trinajstić information content (AvgIpc) is 2.78. The van der Waals surface area contributed by atoms with E-state index in [1.165, 1.54) is 0 Å². The van der Waals surface area contributed by atoms with E-state index in [0.717, 1.165) is 22.6 Å². The lowest BCUT2D eigenvalue weighted by Gasteiger charge is -2.20. The van der Waals surface area contributed by atoms with Gasteiger partial charge >= 0.3 is 0 Å². The molecule has 1 amide bonds. The van der Waals surface area contributed by atoms with Crippen molar-refractivity contribution in [2.24, 2.45) is 0 Å². The van der Waals surface area contributed by atoms with Gasteiger partial charge in [0.2, 0.25) is 0 Å². The fourth-order valence-corrected chi connectivity index (χ4v) is 3.43. The Kier molecular flexibility index (Phi) is 7.47. The van der Waals surface area contributed by atoms with Crippen LogP contribution in [0.2, 0.25) is 0 Å². The van der Waals surface area contributed by atoms with Crippen molar-refractivity contribution in [1.29, 1.82) is 5.41 Å². The predicted octanol–water partition coefficient (Wildman–Crippen LogP) is 5.70. The van der Waals surface area contributed by atoms with Crippen molar-refractivity contribution in [2.45, 2.75) is 19.4 Å². The van der Waals surface area contributed by atoms with Crippen LogP contribution in [-0.4, -0.2) is 17.4 Å². The minimum absolute atomic E-state index is 0.136. The minimum atomic E-state index is -0.273. The molecule has 4 nitrogen and oxygen atoms in total. The molecule has 5 heteroatoms. The van der Waals surface area contributed by atoms with Gasteiger partial charge in [-0.2, -0.15) is 0 Å².